The summed E-state index contributed by atoms with van der Waals surface area (Å²) in [5.41, 5.74) is 3.63. The number of pyridine rings is 1. The van der Waals surface area contributed by atoms with Crippen LogP contribution in [0.4, 0.5) is 5.69 Å². The standard InChI is InChI=1S/C10H14N2S/c1-7-3-4-11-8(2)10(7)12-9-5-13-6-9/h3-4,9,12H,5-6H2,1-2H3. The molecule has 70 valence electrons. The van der Waals surface area contributed by atoms with Crippen molar-refractivity contribution in [3.8, 4) is 0 Å². The zero-order valence-corrected chi connectivity index (χ0v) is 8.82. The predicted molar refractivity (Wildman–Crippen MR) is 58.4 cm³/mol. The SMILES string of the molecule is Cc1ccnc(C)c1NC1CSC1. The lowest BCUT2D eigenvalue weighted by atomic mass is 10.2. The van der Waals surface area contributed by atoms with E-state index in [4.69, 9.17) is 0 Å². The van der Waals surface area contributed by atoms with Crippen molar-refractivity contribution in [3.05, 3.63) is 23.5 Å². The van der Waals surface area contributed by atoms with Crippen molar-refractivity contribution in [2.24, 2.45) is 0 Å². The number of aryl methyl sites for hydroxylation is 2. The Morgan fingerprint density at radius 3 is 2.77 bits per heavy atom. The monoisotopic (exact) mass is 194 g/mol. The molecule has 1 aromatic rings. The topological polar surface area (TPSA) is 24.9 Å². The van der Waals surface area contributed by atoms with Crippen molar-refractivity contribution in [1.29, 1.82) is 0 Å². The van der Waals surface area contributed by atoms with E-state index in [-0.39, 0.29) is 0 Å². The third-order valence-corrected chi connectivity index (χ3v) is 3.61. The Kier molecular flexibility index (Phi) is 2.44. The van der Waals surface area contributed by atoms with Gasteiger partial charge < -0.3 is 5.32 Å². The Balaban J connectivity index is 2.17. The lowest BCUT2D eigenvalue weighted by Crippen LogP contribution is -2.33. The van der Waals surface area contributed by atoms with Gasteiger partial charge in [0.25, 0.3) is 0 Å². The molecule has 0 atom stereocenters. The predicted octanol–water partition coefficient (Wildman–Crippen LogP) is 2.23. The van der Waals surface area contributed by atoms with Gasteiger partial charge in [0, 0.05) is 23.7 Å². The molecule has 1 N–H and O–H groups in total. The molecule has 2 rings (SSSR count). The highest BCUT2D eigenvalue weighted by Crippen LogP contribution is 2.25. The average Bonchev–Trinajstić information content (AvgIpc) is 2.00. The molecule has 3 heteroatoms. The fourth-order valence-electron chi connectivity index (χ4n) is 1.44. The van der Waals surface area contributed by atoms with E-state index in [0.29, 0.717) is 6.04 Å². The smallest absolute Gasteiger partial charge is 0.0606 e. The van der Waals surface area contributed by atoms with Gasteiger partial charge in [-0.1, -0.05) is 0 Å². The maximum Gasteiger partial charge on any atom is 0.0606 e. The summed E-state index contributed by atoms with van der Waals surface area (Å²) < 4.78 is 0. The number of hydrogen-bond acceptors (Lipinski definition) is 3. The van der Waals surface area contributed by atoms with Crippen molar-refractivity contribution >= 4 is 17.4 Å². The third-order valence-electron chi connectivity index (χ3n) is 2.34. The highest BCUT2D eigenvalue weighted by atomic mass is 32.2. The fourth-order valence-corrected chi connectivity index (χ4v) is 2.07. The molecule has 2 nitrogen and oxygen atoms in total. The molecule has 13 heavy (non-hydrogen) atoms. The first-order valence-corrected chi connectivity index (χ1v) is 5.69. The van der Waals surface area contributed by atoms with Gasteiger partial charge in [0.1, 0.15) is 0 Å². The molecule has 0 unspecified atom stereocenters. The zero-order chi connectivity index (χ0) is 9.26. The quantitative estimate of drug-likeness (QED) is 0.781. The van der Waals surface area contributed by atoms with Crippen LogP contribution in [-0.2, 0) is 0 Å². The van der Waals surface area contributed by atoms with Crippen LogP contribution in [0, 0.1) is 13.8 Å². The maximum atomic E-state index is 4.28. The normalized spacial score (nSPS) is 16.8. The number of aromatic nitrogens is 1. The van der Waals surface area contributed by atoms with Crippen LogP contribution in [-0.4, -0.2) is 22.5 Å². The summed E-state index contributed by atoms with van der Waals surface area (Å²) in [6.45, 7) is 4.18. The van der Waals surface area contributed by atoms with Gasteiger partial charge in [-0.25, -0.2) is 0 Å². The Labute approximate surface area is 83.1 Å². The van der Waals surface area contributed by atoms with Crippen LogP contribution in [0.25, 0.3) is 0 Å². The van der Waals surface area contributed by atoms with Gasteiger partial charge in [0.15, 0.2) is 0 Å². The van der Waals surface area contributed by atoms with E-state index >= 15 is 0 Å². The molecule has 0 saturated carbocycles. The molecule has 0 aromatic carbocycles. The van der Waals surface area contributed by atoms with E-state index in [1.807, 2.05) is 18.0 Å². The molecule has 1 saturated heterocycles. The van der Waals surface area contributed by atoms with Gasteiger partial charge in [-0.15, -0.1) is 0 Å². The van der Waals surface area contributed by atoms with Gasteiger partial charge >= 0.3 is 0 Å². The van der Waals surface area contributed by atoms with E-state index in [0.717, 1.165) is 5.69 Å². The highest BCUT2D eigenvalue weighted by molar-refractivity contribution is 8.00. The highest BCUT2D eigenvalue weighted by Gasteiger charge is 2.18. The Bertz CT molecular complexity index is 288. The van der Waals surface area contributed by atoms with Crippen LogP contribution in [0.5, 0.6) is 0 Å². The van der Waals surface area contributed by atoms with Crippen LogP contribution in [0.15, 0.2) is 12.3 Å². The molecule has 1 fully saturated rings. The molecule has 1 aliphatic rings. The fraction of sp³-hybridized carbons (Fsp3) is 0.500. The van der Waals surface area contributed by atoms with Crippen LogP contribution < -0.4 is 5.32 Å². The van der Waals surface area contributed by atoms with Gasteiger partial charge in [-0.2, -0.15) is 11.8 Å². The summed E-state index contributed by atoms with van der Waals surface area (Å²) in [6, 6.07) is 2.72. The third kappa shape index (κ3) is 1.80. The molecule has 0 radical (unpaired) electrons. The number of nitrogens with one attached hydrogen (secondary N) is 1. The number of thioether (sulfide) groups is 1. The molecule has 0 amide bonds. The second kappa shape index (κ2) is 3.58. The largest absolute Gasteiger partial charge is 0.379 e. The molecular formula is C10H14N2S. The Morgan fingerprint density at radius 1 is 1.46 bits per heavy atom. The Morgan fingerprint density at radius 2 is 2.23 bits per heavy atom. The summed E-state index contributed by atoms with van der Waals surface area (Å²) in [6.07, 6.45) is 1.87. The molecule has 0 bridgehead atoms. The van der Waals surface area contributed by atoms with Crippen LogP contribution in [0.1, 0.15) is 11.3 Å². The molecule has 0 spiro atoms. The second-order valence-corrected chi connectivity index (χ2v) is 4.54. The lowest BCUT2D eigenvalue weighted by molar-refractivity contribution is 0.874. The van der Waals surface area contributed by atoms with Crippen molar-refractivity contribution in [2.45, 2.75) is 19.9 Å². The van der Waals surface area contributed by atoms with Gasteiger partial charge in [0.2, 0.25) is 0 Å². The first kappa shape index (κ1) is 8.88. The summed E-state index contributed by atoms with van der Waals surface area (Å²) >= 11 is 1.99. The van der Waals surface area contributed by atoms with Crippen molar-refractivity contribution in [1.82, 2.24) is 4.98 Å². The summed E-state index contributed by atoms with van der Waals surface area (Å²) in [5.74, 6) is 2.46. The molecule has 0 aliphatic carbocycles. The lowest BCUT2D eigenvalue weighted by Gasteiger charge is -2.28. The summed E-state index contributed by atoms with van der Waals surface area (Å²) in [7, 11) is 0. The summed E-state index contributed by atoms with van der Waals surface area (Å²) in [4.78, 5) is 4.28. The number of hydrogen-bond donors (Lipinski definition) is 1. The van der Waals surface area contributed by atoms with E-state index in [9.17, 15) is 0 Å². The van der Waals surface area contributed by atoms with Crippen molar-refractivity contribution in [3.63, 3.8) is 0 Å². The van der Waals surface area contributed by atoms with Crippen molar-refractivity contribution < 1.29 is 0 Å². The minimum absolute atomic E-state index is 0.659. The van der Waals surface area contributed by atoms with E-state index in [1.54, 1.807) is 0 Å². The first-order valence-electron chi connectivity index (χ1n) is 4.54. The molecule has 1 aliphatic heterocycles. The minimum Gasteiger partial charge on any atom is -0.379 e. The van der Waals surface area contributed by atoms with E-state index in [1.165, 1.54) is 22.8 Å². The van der Waals surface area contributed by atoms with Crippen LogP contribution in [0.3, 0.4) is 0 Å². The summed E-state index contributed by atoms with van der Waals surface area (Å²) in [5, 5.41) is 3.53. The number of rotatable bonds is 2. The van der Waals surface area contributed by atoms with Gasteiger partial charge in [-0.3, -0.25) is 4.98 Å². The first-order chi connectivity index (χ1) is 6.27. The van der Waals surface area contributed by atoms with Crippen molar-refractivity contribution in [2.75, 3.05) is 16.8 Å². The van der Waals surface area contributed by atoms with Gasteiger partial charge in [-0.05, 0) is 25.5 Å². The minimum atomic E-state index is 0.659. The van der Waals surface area contributed by atoms with Gasteiger partial charge in [0.05, 0.1) is 11.4 Å². The zero-order valence-electron chi connectivity index (χ0n) is 8.00. The second-order valence-electron chi connectivity index (χ2n) is 3.47. The van der Waals surface area contributed by atoms with Crippen LogP contribution >= 0.6 is 11.8 Å². The average molecular weight is 194 g/mol. The van der Waals surface area contributed by atoms with E-state index < -0.39 is 0 Å². The van der Waals surface area contributed by atoms with Crippen LogP contribution in [0.2, 0.25) is 0 Å². The number of anilines is 1. The molecule has 2 heterocycles. The maximum absolute atomic E-state index is 4.28. The Hall–Kier alpha value is -0.700. The molecule has 1 aromatic heterocycles. The molecular weight excluding hydrogens is 180 g/mol. The number of nitrogens with zero attached hydrogens (tertiary/aromatic N) is 1. The van der Waals surface area contributed by atoms with E-state index in [2.05, 4.69) is 30.2 Å².